The maximum atomic E-state index is 12.0. The number of hydrogen-bond acceptors (Lipinski definition) is 6. The summed E-state index contributed by atoms with van der Waals surface area (Å²) in [5.74, 6) is -1.31. The number of amides is 2. The van der Waals surface area contributed by atoms with Gasteiger partial charge in [-0.3, -0.25) is 9.59 Å². The Bertz CT molecular complexity index is 899. The van der Waals surface area contributed by atoms with Crippen LogP contribution in [0.3, 0.4) is 0 Å². The predicted molar refractivity (Wildman–Crippen MR) is 99.9 cm³/mol. The van der Waals surface area contributed by atoms with E-state index in [0.29, 0.717) is 21.0 Å². The molecule has 0 atom stereocenters. The zero-order chi connectivity index (χ0) is 18.7. The molecule has 2 aromatic heterocycles. The summed E-state index contributed by atoms with van der Waals surface area (Å²) >= 11 is 4.50. The number of carbonyl (C=O) groups excluding carboxylic acids is 3. The van der Waals surface area contributed by atoms with Crippen molar-refractivity contribution >= 4 is 56.1 Å². The Kier molecular flexibility index (Phi) is 5.58. The molecule has 2 aromatic rings. The number of ether oxygens (including phenoxy) is 1. The quantitative estimate of drug-likeness (QED) is 0.531. The van der Waals surface area contributed by atoms with Crippen molar-refractivity contribution in [3.05, 3.63) is 44.6 Å². The van der Waals surface area contributed by atoms with Crippen LogP contribution >= 0.6 is 27.3 Å². The number of primary amides is 1. The third kappa shape index (κ3) is 4.23. The van der Waals surface area contributed by atoms with Crippen LogP contribution in [0, 0.1) is 0 Å². The van der Waals surface area contributed by atoms with Gasteiger partial charge in [0.25, 0.3) is 11.8 Å². The topological polar surface area (TPSA) is 112 Å². The highest BCUT2D eigenvalue weighted by molar-refractivity contribution is 9.10. The van der Waals surface area contributed by atoms with Gasteiger partial charge in [-0.25, -0.2) is 4.79 Å². The predicted octanol–water partition coefficient (Wildman–Crippen LogP) is 2.89. The molecular weight excluding hydrogens is 424 g/mol. The molecule has 3 rings (SSSR count). The van der Waals surface area contributed by atoms with Crippen molar-refractivity contribution in [3.63, 3.8) is 0 Å². The van der Waals surface area contributed by atoms with Crippen LogP contribution in [-0.2, 0) is 27.2 Å². The first-order chi connectivity index (χ1) is 12.4. The average molecular weight is 439 g/mol. The van der Waals surface area contributed by atoms with Gasteiger partial charge < -0.3 is 20.2 Å². The summed E-state index contributed by atoms with van der Waals surface area (Å²) in [5.41, 5.74) is 6.72. The Morgan fingerprint density at radius 3 is 2.85 bits per heavy atom. The minimum Gasteiger partial charge on any atom is -0.452 e. The normalized spacial score (nSPS) is 13.0. The minimum absolute atomic E-state index is 0.366. The Balaban J connectivity index is 1.55. The molecule has 9 heteroatoms. The van der Waals surface area contributed by atoms with Gasteiger partial charge in [-0.1, -0.05) is 0 Å². The third-order valence-corrected chi connectivity index (χ3v) is 5.38. The molecule has 2 amide bonds. The first-order valence-corrected chi connectivity index (χ1v) is 9.39. The molecule has 0 unspecified atom stereocenters. The number of carbonyl (C=O) groups is 3. The fourth-order valence-electron chi connectivity index (χ4n) is 2.67. The molecular formula is C17H15BrN2O5S. The number of furan rings is 1. The average Bonchev–Trinajstić information content (AvgIpc) is 3.26. The van der Waals surface area contributed by atoms with Crippen molar-refractivity contribution in [1.29, 1.82) is 0 Å². The van der Waals surface area contributed by atoms with Gasteiger partial charge in [-0.15, -0.1) is 11.3 Å². The molecule has 0 radical (unpaired) electrons. The van der Waals surface area contributed by atoms with E-state index >= 15 is 0 Å². The number of esters is 1. The second-order valence-electron chi connectivity index (χ2n) is 5.56. The number of anilines is 1. The molecule has 3 N–H and O–H groups in total. The van der Waals surface area contributed by atoms with Crippen LogP contribution in [0.5, 0.6) is 0 Å². The van der Waals surface area contributed by atoms with Crippen LogP contribution in [-0.4, -0.2) is 24.4 Å². The lowest BCUT2D eigenvalue weighted by Crippen LogP contribution is -2.22. The minimum atomic E-state index is -0.684. The zero-order valence-corrected chi connectivity index (χ0v) is 15.9. The van der Waals surface area contributed by atoms with E-state index in [-0.39, 0.29) is 0 Å². The highest BCUT2D eigenvalue weighted by Gasteiger charge is 2.26. The fourth-order valence-corrected chi connectivity index (χ4v) is 4.30. The van der Waals surface area contributed by atoms with Crippen LogP contribution < -0.4 is 11.1 Å². The van der Waals surface area contributed by atoms with Gasteiger partial charge in [0.2, 0.25) is 0 Å². The maximum absolute atomic E-state index is 12.0. The highest BCUT2D eigenvalue weighted by atomic mass is 79.9. The van der Waals surface area contributed by atoms with E-state index in [1.807, 2.05) is 0 Å². The van der Waals surface area contributed by atoms with E-state index in [9.17, 15) is 14.4 Å². The number of hydrogen-bond donors (Lipinski definition) is 2. The van der Waals surface area contributed by atoms with E-state index in [2.05, 4.69) is 21.2 Å². The monoisotopic (exact) mass is 438 g/mol. The lowest BCUT2D eigenvalue weighted by molar-refractivity contribution is -0.142. The summed E-state index contributed by atoms with van der Waals surface area (Å²) in [4.78, 5) is 36.4. The lowest BCUT2D eigenvalue weighted by Gasteiger charge is -2.06. The van der Waals surface area contributed by atoms with Crippen molar-refractivity contribution < 1.29 is 23.5 Å². The molecule has 0 aliphatic heterocycles. The number of nitrogens with two attached hydrogens (primary N) is 1. The second-order valence-corrected chi connectivity index (χ2v) is 7.44. The van der Waals surface area contributed by atoms with E-state index in [4.69, 9.17) is 14.9 Å². The number of rotatable bonds is 6. The van der Waals surface area contributed by atoms with Gasteiger partial charge in [0, 0.05) is 11.0 Å². The molecule has 26 heavy (non-hydrogen) atoms. The summed E-state index contributed by atoms with van der Waals surface area (Å²) in [5, 5.41) is 3.02. The van der Waals surface area contributed by atoms with Crippen molar-refractivity contribution in [2.75, 3.05) is 11.9 Å². The summed E-state index contributed by atoms with van der Waals surface area (Å²) < 4.78 is 10.6. The van der Waals surface area contributed by atoms with Crippen LogP contribution in [0.1, 0.15) is 33.0 Å². The largest absolute Gasteiger partial charge is 0.452 e. The standard InChI is InChI=1S/C17H15BrN2O5S/c18-12-6-4-9(25-12)5-7-14(22)24-8-13(21)20-17-15(16(19)23)10-2-1-3-11(10)26-17/h4-7H,1-3,8H2,(H2,19,23)(H,20,21). The molecule has 0 saturated carbocycles. The van der Waals surface area contributed by atoms with Gasteiger partial charge in [0.1, 0.15) is 10.8 Å². The van der Waals surface area contributed by atoms with Crippen LogP contribution in [0.15, 0.2) is 27.3 Å². The molecule has 1 aliphatic rings. The van der Waals surface area contributed by atoms with Crippen LogP contribution in [0.2, 0.25) is 0 Å². The molecule has 0 spiro atoms. The number of halogens is 1. The van der Waals surface area contributed by atoms with Crippen molar-refractivity contribution in [3.8, 4) is 0 Å². The Morgan fingerprint density at radius 2 is 2.15 bits per heavy atom. The highest BCUT2D eigenvalue weighted by Crippen LogP contribution is 2.38. The number of fused-ring (bicyclic) bond motifs is 1. The number of aryl methyl sites for hydroxylation is 1. The van der Waals surface area contributed by atoms with Crippen LogP contribution in [0.25, 0.3) is 6.08 Å². The van der Waals surface area contributed by atoms with E-state index < -0.39 is 24.4 Å². The second kappa shape index (κ2) is 7.88. The Morgan fingerprint density at radius 1 is 1.35 bits per heavy atom. The number of thiophene rings is 1. The lowest BCUT2D eigenvalue weighted by atomic mass is 10.1. The first kappa shape index (κ1) is 18.4. The van der Waals surface area contributed by atoms with Crippen LogP contribution in [0.4, 0.5) is 5.00 Å². The van der Waals surface area contributed by atoms with Crippen molar-refractivity contribution in [2.45, 2.75) is 19.3 Å². The molecule has 7 nitrogen and oxygen atoms in total. The molecule has 0 fully saturated rings. The van der Waals surface area contributed by atoms with Gasteiger partial charge >= 0.3 is 5.97 Å². The van der Waals surface area contributed by atoms with Gasteiger partial charge in [0.05, 0.1) is 5.56 Å². The molecule has 2 heterocycles. The Labute approximate surface area is 161 Å². The first-order valence-electron chi connectivity index (χ1n) is 7.78. The maximum Gasteiger partial charge on any atom is 0.331 e. The van der Waals surface area contributed by atoms with Crippen molar-refractivity contribution in [1.82, 2.24) is 0 Å². The summed E-state index contributed by atoms with van der Waals surface area (Å²) in [7, 11) is 0. The molecule has 1 aliphatic carbocycles. The summed E-state index contributed by atoms with van der Waals surface area (Å²) in [6, 6.07) is 3.36. The van der Waals surface area contributed by atoms with Gasteiger partial charge in [-0.2, -0.15) is 0 Å². The molecule has 136 valence electrons. The van der Waals surface area contributed by atoms with Crippen molar-refractivity contribution in [2.24, 2.45) is 5.73 Å². The third-order valence-electron chi connectivity index (χ3n) is 3.74. The Hall–Kier alpha value is -2.39. The van der Waals surface area contributed by atoms with Gasteiger partial charge in [-0.05, 0) is 59.0 Å². The van der Waals surface area contributed by atoms with Gasteiger partial charge in [0.15, 0.2) is 11.3 Å². The molecule has 0 aromatic carbocycles. The summed E-state index contributed by atoms with van der Waals surface area (Å²) in [6.07, 6.45) is 5.22. The summed E-state index contributed by atoms with van der Waals surface area (Å²) in [6.45, 7) is -0.466. The molecule has 0 saturated heterocycles. The fraction of sp³-hybridized carbons (Fsp3) is 0.235. The number of nitrogens with one attached hydrogen (secondary N) is 1. The van der Waals surface area contributed by atoms with E-state index in [1.165, 1.54) is 17.4 Å². The van der Waals surface area contributed by atoms with E-state index in [0.717, 1.165) is 35.8 Å². The smallest absolute Gasteiger partial charge is 0.331 e. The zero-order valence-electron chi connectivity index (χ0n) is 13.5. The molecule has 0 bridgehead atoms. The SMILES string of the molecule is NC(=O)c1c(NC(=O)COC(=O)C=Cc2ccc(Br)o2)sc2c1CCC2. The van der Waals surface area contributed by atoms with E-state index in [1.54, 1.807) is 12.1 Å².